The number of carbonyl (C=O) groups excluding carboxylic acids is 6. The Bertz CT molecular complexity index is 459. The van der Waals surface area contributed by atoms with E-state index in [-0.39, 0.29) is 0 Å². The molecule has 0 fully saturated rings. The van der Waals surface area contributed by atoms with Gasteiger partial charge in [-0.1, -0.05) is 0 Å². The molecule has 2 rings (SSSR count). The largest absolute Gasteiger partial charge is 0.394 e. The molecule has 0 N–H and O–H groups in total. The van der Waals surface area contributed by atoms with Crippen molar-refractivity contribution in [2.45, 2.75) is 13.8 Å². The van der Waals surface area contributed by atoms with Crippen molar-refractivity contribution in [3.05, 3.63) is 24.3 Å². The second-order valence-corrected chi connectivity index (χ2v) is 3.23. The molecule has 0 aromatic rings. The molecular weight excluding hydrogens is 288 g/mol. The minimum atomic E-state index is -0.579. The van der Waals surface area contributed by atoms with Gasteiger partial charge in [-0.25, -0.2) is 19.2 Å². The first-order chi connectivity index (χ1) is 9.70. The Labute approximate surface area is 118 Å². The molecular formula is C12H10O9. The maximum Gasteiger partial charge on any atom is 0.338 e. The summed E-state index contributed by atoms with van der Waals surface area (Å²) >= 11 is 0. The monoisotopic (exact) mass is 298 g/mol. The Kier molecular flexibility index (Phi) is 7.59. The van der Waals surface area contributed by atoms with E-state index in [9.17, 15) is 28.8 Å². The third-order valence-electron chi connectivity index (χ3n) is 1.40. The average molecular weight is 298 g/mol. The van der Waals surface area contributed by atoms with Gasteiger partial charge in [0.2, 0.25) is 0 Å². The molecule has 0 amide bonds. The van der Waals surface area contributed by atoms with Crippen molar-refractivity contribution < 1.29 is 43.0 Å². The van der Waals surface area contributed by atoms with Gasteiger partial charge in [0.05, 0.1) is 0 Å². The molecule has 9 heteroatoms. The summed E-state index contributed by atoms with van der Waals surface area (Å²) in [7, 11) is 0. The quantitative estimate of drug-likeness (QED) is 0.325. The van der Waals surface area contributed by atoms with Crippen LogP contribution in [0.15, 0.2) is 24.3 Å². The highest BCUT2D eigenvalue weighted by Gasteiger charge is 2.10. The Morgan fingerprint density at radius 1 is 0.714 bits per heavy atom. The van der Waals surface area contributed by atoms with E-state index in [0.717, 1.165) is 24.3 Å². The van der Waals surface area contributed by atoms with Gasteiger partial charge in [-0.05, 0) is 0 Å². The lowest BCUT2D eigenvalue weighted by Gasteiger charge is -1.87. The normalized spacial score (nSPS) is 14.4. The molecule has 112 valence electrons. The SMILES string of the molecule is CC(=O)OC(C)=O.O=C1C=CC(=O)O1.O=C1C=CC(=O)O1. The van der Waals surface area contributed by atoms with Gasteiger partial charge in [0.1, 0.15) is 0 Å². The molecule has 2 heterocycles. The van der Waals surface area contributed by atoms with Gasteiger partial charge in [0.15, 0.2) is 0 Å². The maximum atomic E-state index is 9.92. The van der Waals surface area contributed by atoms with Crippen molar-refractivity contribution in [3.8, 4) is 0 Å². The van der Waals surface area contributed by atoms with Gasteiger partial charge >= 0.3 is 35.8 Å². The number of hydrogen-bond acceptors (Lipinski definition) is 9. The van der Waals surface area contributed by atoms with Crippen molar-refractivity contribution in [2.75, 3.05) is 0 Å². The van der Waals surface area contributed by atoms with Gasteiger partial charge in [-0.15, -0.1) is 0 Å². The van der Waals surface area contributed by atoms with Crippen molar-refractivity contribution in [1.29, 1.82) is 0 Å². The first-order valence-electron chi connectivity index (χ1n) is 5.27. The second-order valence-electron chi connectivity index (χ2n) is 3.23. The fourth-order valence-electron chi connectivity index (χ4n) is 0.809. The Morgan fingerprint density at radius 2 is 0.952 bits per heavy atom. The second kappa shape index (κ2) is 8.91. The highest BCUT2D eigenvalue weighted by Crippen LogP contribution is 1.93. The van der Waals surface area contributed by atoms with Crippen LogP contribution in [-0.2, 0) is 43.0 Å². The topological polar surface area (TPSA) is 130 Å². The molecule has 2 aliphatic rings. The van der Waals surface area contributed by atoms with E-state index in [1.165, 1.54) is 13.8 Å². The van der Waals surface area contributed by atoms with Gasteiger partial charge in [-0.3, -0.25) is 9.59 Å². The van der Waals surface area contributed by atoms with Crippen LogP contribution >= 0.6 is 0 Å². The van der Waals surface area contributed by atoms with Crippen molar-refractivity contribution in [1.82, 2.24) is 0 Å². The fourth-order valence-corrected chi connectivity index (χ4v) is 0.809. The number of cyclic esters (lactones) is 4. The molecule has 2 aliphatic heterocycles. The Balaban J connectivity index is 0.000000286. The van der Waals surface area contributed by atoms with Crippen molar-refractivity contribution in [3.63, 3.8) is 0 Å². The Morgan fingerprint density at radius 3 is 1.00 bits per heavy atom. The third kappa shape index (κ3) is 10.5. The van der Waals surface area contributed by atoms with Crippen LogP contribution < -0.4 is 0 Å². The minimum Gasteiger partial charge on any atom is -0.394 e. The van der Waals surface area contributed by atoms with Crippen LogP contribution in [0.5, 0.6) is 0 Å². The predicted molar refractivity (Wildman–Crippen MR) is 62.9 cm³/mol. The predicted octanol–water partition coefficient (Wildman–Crippen LogP) is -0.652. The van der Waals surface area contributed by atoms with Crippen LogP contribution in [0.25, 0.3) is 0 Å². The lowest BCUT2D eigenvalue weighted by atomic mass is 10.6. The number of ether oxygens (including phenoxy) is 3. The molecule has 0 unspecified atom stereocenters. The number of rotatable bonds is 0. The maximum absolute atomic E-state index is 9.92. The fraction of sp³-hybridized carbons (Fsp3) is 0.167. The van der Waals surface area contributed by atoms with Crippen LogP contribution in [0.3, 0.4) is 0 Å². The first kappa shape index (κ1) is 17.9. The van der Waals surface area contributed by atoms with E-state index in [0.29, 0.717) is 0 Å². The summed E-state index contributed by atoms with van der Waals surface area (Å²) in [4.78, 5) is 59.3. The molecule has 0 saturated heterocycles. The highest BCUT2D eigenvalue weighted by molar-refractivity contribution is 6.05. The lowest BCUT2D eigenvalue weighted by Crippen LogP contribution is -2.03. The molecule has 0 radical (unpaired) electrons. The standard InChI is InChI=1S/2C4H2O3.C4H6O3/c2*5-3-1-2-4(6)7-3;1-3(5)7-4(2)6/h2*1-2H;1-2H3. The van der Waals surface area contributed by atoms with Gasteiger partial charge in [0, 0.05) is 38.2 Å². The summed E-state index contributed by atoms with van der Waals surface area (Å²) in [5.74, 6) is -3.44. The van der Waals surface area contributed by atoms with Gasteiger partial charge in [0.25, 0.3) is 0 Å². The minimum absolute atomic E-state index is 0.562. The van der Waals surface area contributed by atoms with E-state index in [2.05, 4.69) is 14.2 Å². The summed E-state index contributed by atoms with van der Waals surface area (Å²) in [6.45, 7) is 2.36. The van der Waals surface area contributed by atoms with E-state index < -0.39 is 35.8 Å². The average Bonchev–Trinajstić information content (AvgIpc) is 2.87. The summed E-state index contributed by atoms with van der Waals surface area (Å²) in [6.07, 6.45) is 4.34. The zero-order valence-electron chi connectivity index (χ0n) is 11.0. The molecule has 0 bridgehead atoms. The first-order valence-corrected chi connectivity index (χ1v) is 5.27. The number of carbonyl (C=O) groups is 6. The smallest absolute Gasteiger partial charge is 0.338 e. The summed E-state index contributed by atoms with van der Waals surface area (Å²) in [6, 6.07) is 0. The Hall–Kier alpha value is -3.10. The van der Waals surface area contributed by atoms with Gasteiger partial charge in [-0.2, -0.15) is 0 Å². The van der Waals surface area contributed by atoms with Crippen LogP contribution in [0.2, 0.25) is 0 Å². The van der Waals surface area contributed by atoms with Crippen LogP contribution in [0.4, 0.5) is 0 Å². The number of hydrogen-bond donors (Lipinski definition) is 0. The van der Waals surface area contributed by atoms with Gasteiger partial charge < -0.3 is 14.2 Å². The van der Waals surface area contributed by atoms with Crippen LogP contribution in [-0.4, -0.2) is 35.8 Å². The van der Waals surface area contributed by atoms with E-state index >= 15 is 0 Å². The zero-order valence-corrected chi connectivity index (χ0v) is 11.0. The third-order valence-corrected chi connectivity index (χ3v) is 1.40. The van der Waals surface area contributed by atoms with Crippen LogP contribution in [0, 0.1) is 0 Å². The van der Waals surface area contributed by atoms with E-state index in [4.69, 9.17) is 0 Å². The summed E-state index contributed by atoms with van der Waals surface area (Å²) in [5, 5.41) is 0. The molecule has 9 nitrogen and oxygen atoms in total. The van der Waals surface area contributed by atoms with Crippen molar-refractivity contribution >= 4 is 35.8 Å². The summed E-state index contributed by atoms with van der Waals surface area (Å²) in [5.41, 5.74) is 0. The van der Waals surface area contributed by atoms with Crippen molar-refractivity contribution in [2.24, 2.45) is 0 Å². The zero-order chi connectivity index (χ0) is 16.4. The van der Waals surface area contributed by atoms with Crippen LogP contribution in [0.1, 0.15) is 13.8 Å². The lowest BCUT2D eigenvalue weighted by molar-refractivity contribution is -0.157. The molecule has 0 aromatic heterocycles. The molecule has 0 atom stereocenters. The molecule has 21 heavy (non-hydrogen) atoms. The number of esters is 6. The molecule has 0 aliphatic carbocycles. The van der Waals surface area contributed by atoms with E-state index in [1.807, 2.05) is 0 Å². The molecule has 0 spiro atoms. The highest BCUT2D eigenvalue weighted by atomic mass is 16.6. The molecule has 0 aromatic carbocycles. The molecule has 0 saturated carbocycles. The van der Waals surface area contributed by atoms with E-state index in [1.54, 1.807) is 0 Å². The summed E-state index contributed by atoms with van der Waals surface area (Å²) < 4.78 is 11.9.